The summed E-state index contributed by atoms with van der Waals surface area (Å²) in [7, 11) is 1.85. The maximum Gasteiger partial charge on any atom is 0.335 e. The molecule has 112 valence electrons. The number of halogens is 1. The van der Waals surface area contributed by atoms with Crippen LogP contribution in [0.2, 0.25) is 0 Å². The zero-order valence-electron chi connectivity index (χ0n) is 11.8. The first-order valence-electron chi connectivity index (χ1n) is 6.39. The molecule has 1 heterocycles. The Morgan fingerprint density at radius 3 is 2.76 bits per heavy atom. The highest BCUT2D eigenvalue weighted by Crippen LogP contribution is 2.26. The molecule has 21 heavy (non-hydrogen) atoms. The average Bonchev–Trinajstić information content (AvgIpc) is 2.72. The van der Waals surface area contributed by atoms with Gasteiger partial charge in [-0.2, -0.15) is 5.10 Å². The molecule has 1 aromatic heterocycles. The van der Waals surface area contributed by atoms with Crippen LogP contribution in [-0.2, 0) is 20.1 Å². The third kappa shape index (κ3) is 3.18. The molecule has 2 rings (SSSR count). The number of nitrogen functional groups attached to an aromatic ring is 1. The van der Waals surface area contributed by atoms with E-state index in [1.54, 1.807) is 10.7 Å². The Balaban J connectivity index is 2.17. The predicted molar refractivity (Wildman–Crippen MR) is 82.4 cm³/mol. The van der Waals surface area contributed by atoms with Crippen LogP contribution in [0.25, 0.3) is 0 Å². The summed E-state index contributed by atoms with van der Waals surface area (Å²) in [5.41, 5.74) is 8.10. The number of carboxylic acids is 1. The predicted octanol–water partition coefficient (Wildman–Crippen LogP) is 2.60. The first-order valence-corrected chi connectivity index (χ1v) is 7.19. The molecular weight excluding hydrogens is 338 g/mol. The van der Waals surface area contributed by atoms with Gasteiger partial charge < -0.3 is 15.6 Å². The summed E-state index contributed by atoms with van der Waals surface area (Å²) in [6, 6.07) is 4.40. The van der Waals surface area contributed by atoms with E-state index in [-0.39, 0.29) is 5.56 Å². The van der Waals surface area contributed by atoms with Crippen LogP contribution >= 0.6 is 15.9 Å². The van der Waals surface area contributed by atoms with Crippen molar-refractivity contribution in [3.63, 3.8) is 0 Å². The Bertz CT molecular complexity index is 682. The Hall–Kier alpha value is -2.02. The van der Waals surface area contributed by atoms with Crippen LogP contribution in [0.1, 0.15) is 28.7 Å². The van der Waals surface area contributed by atoms with E-state index in [0.29, 0.717) is 18.0 Å². The van der Waals surface area contributed by atoms with Crippen LogP contribution < -0.4 is 10.5 Å². The molecular formula is C14H16BrN3O3. The second-order valence-electron chi connectivity index (χ2n) is 4.53. The van der Waals surface area contributed by atoms with Gasteiger partial charge in [0.2, 0.25) is 0 Å². The normalized spacial score (nSPS) is 10.6. The number of aromatic nitrogens is 2. The Labute approximate surface area is 130 Å². The molecule has 2 aromatic rings. The summed E-state index contributed by atoms with van der Waals surface area (Å²) >= 11 is 3.51. The molecule has 7 heteroatoms. The lowest BCUT2D eigenvalue weighted by molar-refractivity contribution is 0.0697. The molecule has 0 bridgehead atoms. The zero-order chi connectivity index (χ0) is 15.6. The highest BCUT2D eigenvalue weighted by molar-refractivity contribution is 9.10. The molecule has 6 nitrogen and oxygen atoms in total. The molecule has 0 aliphatic heterocycles. The smallest absolute Gasteiger partial charge is 0.335 e. The first kappa shape index (κ1) is 15.4. The van der Waals surface area contributed by atoms with Crippen molar-refractivity contribution in [1.82, 2.24) is 9.78 Å². The number of nitrogens with two attached hydrogens (primary N) is 1. The van der Waals surface area contributed by atoms with Gasteiger partial charge in [-0.15, -0.1) is 0 Å². The van der Waals surface area contributed by atoms with Crippen molar-refractivity contribution in [3.05, 3.63) is 39.6 Å². The lowest BCUT2D eigenvalue weighted by Gasteiger charge is -2.10. The van der Waals surface area contributed by atoms with Gasteiger partial charge in [-0.05, 0) is 40.5 Å². The number of nitrogens with zero attached hydrogens (tertiary/aromatic N) is 2. The molecule has 0 saturated heterocycles. The van der Waals surface area contributed by atoms with Crippen molar-refractivity contribution >= 4 is 27.6 Å². The van der Waals surface area contributed by atoms with Gasteiger partial charge in [0.15, 0.2) is 0 Å². The van der Waals surface area contributed by atoms with E-state index in [0.717, 1.165) is 22.3 Å². The van der Waals surface area contributed by atoms with Crippen LogP contribution in [0, 0.1) is 0 Å². The molecule has 0 amide bonds. The fourth-order valence-electron chi connectivity index (χ4n) is 1.94. The fourth-order valence-corrected chi connectivity index (χ4v) is 2.67. The largest absolute Gasteiger partial charge is 0.485 e. The van der Waals surface area contributed by atoms with Crippen LogP contribution in [0.15, 0.2) is 22.7 Å². The number of aryl methyl sites for hydroxylation is 2. The summed E-state index contributed by atoms with van der Waals surface area (Å²) in [5.74, 6) is -0.568. The maximum absolute atomic E-state index is 10.9. The number of benzene rings is 1. The number of ether oxygens (including phenoxy) is 1. The summed E-state index contributed by atoms with van der Waals surface area (Å²) < 4.78 is 8.35. The van der Waals surface area contributed by atoms with E-state index < -0.39 is 5.97 Å². The highest BCUT2D eigenvalue weighted by Gasteiger charge is 2.14. The summed E-state index contributed by atoms with van der Waals surface area (Å²) in [5, 5.41) is 13.3. The Kier molecular flexibility index (Phi) is 4.52. The molecule has 3 N–H and O–H groups in total. The molecule has 0 radical (unpaired) electrons. The molecule has 0 saturated carbocycles. The van der Waals surface area contributed by atoms with E-state index in [9.17, 15) is 4.79 Å². The van der Waals surface area contributed by atoms with Crippen molar-refractivity contribution in [2.75, 3.05) is 5.73 Å². The number of rotatable bonds is 5. The number of carboxylic acid groups (broad SMARTS) is 1. The van der Waals surface area contributed by atoms with Gasteiger partial charge in [0, 0.05) is 7.05 Å². The Morgan fingerprint density at radius 1 is 1.52 bits per heavy atom. The molecule has 0 atom stereocenters. The molecule has 0 unspecified atom stereocenters. The van der Waals surface area contributed by atoms with Gasteiger partial charge in [-0.25, -0.2) is 4.79 Å². The molecule has 0 fully saturated rings. The average molecular weight is 354 g/mol. The van der Waals surface area contributed by atoms with Crippen LogP contribution in [0.4, 0.5) is 5.69 Å². The van der Waals surface area contributed by atoms with E-state index in [1.807, 2.05) is 14.0 Å². The Morgan fingerprint density at radius 2 is 2.24 bits per heavy atom. The third-order valence-electron chi connectivity index (χ3n) is 3.12. The number of aromatic carboxylic acids is 1. The number of hydrogen-bond donors (Lipinski definition) is 2. The van der Waals surface area contributed by atoms with Crippen molar-refractivity contribution < 1.29 is 14.6 Å². The first-order chi connectivity index (χ1) is 9.93. The van der Waals surface area contributed by atoms with Gasteiger partial charge in [0.25, 0.3) is 0 Å². The highest BCUT2D eigenvalue weighted by atomic mass is 79.9. The summed E-state index contributed by atoms with van der Waals surface area (Å²) in [6.07, 6.45) is 0.823. The van der Waals surface area contributed by atoms with Gasteiger partial charge in [-0.1, -0.05) is 6.92 Å². The van der Waals surface area contributed by atoms with Crippen molar-refractivity contribution in [1.29, 1.82) is 0 Å². The van der Waals surface area contributed by atoms with Gasteiger partial charge in [0.1, 0.15) is 12.4 Å². The number of carbonyl (C=O) groups is 1. The molecule has 0 spiro atoms. The molecule has 1 aromatic carbocycles. The quantitative estimate of drug-likeness (QED) is 0.806. The minimum Gasteiger partial charge on any atom is -0.485 e. The molecule has 0 aliphatic carbocycles. The van der Waals surface area contributed by atoms with E-state index in [4.69, 9.17) is 15.6 Å². The van der Waals surface area contributed by atoms with E-state index in [2.05, 4.69) is 21.0 Å². The lowest BCUT2D eigenvalue weighted by Crippen LogP contribution is -2.06. The SMILES string of the molecule is CCc1nn(C)c(COc2ccc(C(=O)O)cc2N)c1Br. The summed E-state index contributed by atoms with van der Waals surface area (Å²) in [4.78, 5) is 10.9. The second kappa shape index (κ2) is 6.17. The monoisotopic (exact) mass is 353 g/mol. The summed E-state index contributed by atoms with van der Waals surface area (Å²) in [6.45, 7) is 2.32. The minimum absolute atomic E-state index is 0.134. The standard InChI is InChI=1S/C14H16BrN3O3/c1-3-10-13(15)11(18(2)17-10)7-21-12-5-4-8(14(19)20)6-9(12)16/h4-6H,3,7,16H2,1-2H3,(H,19,20). The van der Waals surface area contributed by atoms with Crippen molar-refractivity contribution in [2.24, 2.45) is 7.05 Å². The van der Waals surface area contributed by atoms with Crippen LogP contribution in [0.3, 0.4) is 0 Å². The van der Waals surface area contributed by atoms with Gasteiger partial charge in [0.05, 0.1) is 27.1 Å². The van der Waals surface area contributed by atoms with Crippen molar-refractivity contribution in [2.45, 2.75) is 20.0 Å². The minimum atomic E-state index is -1.02. The van der Waals surface area contributed by atoms with Gasteiger partial charge in [-0.3, -0.25) is 4.68 Å². The van der Waals surface area contributed by atoms with Crippen LogP contribution in [-0.4, -0.2) is 20.9 Å². The zero-order valence-corrected chi connectivity index (χ0v) is 13.3. The lowest BCUT2D eigenvalue weighted by atomic mass is 10.2. The topological polar surface area (TPSA) is 90.4 Å². The van der Waals surface area contributed by atoms with Gasteiger partial charge >= 0.3 is 5.97 Å². The number of hydrogen-bond acceptors (Lipinski definition) is 4. The fraction of sp³-hybridized carbons (Fsp3) is 0.286. The van der Waals surface area contributed by atoms with E-state index >= 15 is 0 Å². The number of anilines is 1. The van der Waals surface area contributed by atoms with Crippen molar-refractivity contribution in [3.8, 4) is 5.75 Å². The second-order valence-corrected chi connectivity index (χ2v) is 5.32. The molecule has 0 aliphatic rings. The maximum atomic E-state index is 10.9. The van der Waals surface area contributed by atoms with Crippen LogP contribution in [0.5, 0.6) is 5.75 Å². The van der Waals surface area contributed by atoms with E-state index in [1.165, 1.54) is 12.1 Å². The third-order valence-corrected chi connectivity index (χ3v) is 4.04.